The van der Waals surface area contributed by atoms with Crippen LogP contribution in [0.4, 0.5) is 0 Å². The van der Waals surface area contributed by atoms with E-state index in [1.807, 2.05) is 97.9 Å². The summed E-state index contributed by atoms with van der Waals surface area (Å²) in [5.41, 5.74) is 6.48. The van der Waals surface area contributed by atoms with Crippen LogP contribution in [0.15, 0.2) is 120 Å². The fraction of sp³-hybridized carbons (Fsp3) is 0.300. The minimum Gasteiger partial charge on any atom is -0.272 e. The lowest BCUT2D eigenvalue weighted by Gasteiger charge is -2.29. The lowest BCUT2D eigenvalue weighted by atomic mass is 9.75. The van der Waals surface area contributed by atoms with Crippen LogP contribution in [0.3, 0.4) is 0 Å². The number of carbonyl (C=O) groups excluding carboxylic acids is 1. The average Bonchev–Trinajstić information content (AvgIpc) is 3.49. The zero-order valence-electron chi connectivity index (χ0n) is 27.5. The Labute approximate surface area is 278 Å². The van der Waals surface area contributed by atoms with Gasteiger partial charge in [0.05, 0.1) is 28.2 Å². The van der Waals surface area contributed by atoms with Crippen molar-refractivity contribution in [2.24, 2.45) is 11.8 Å². The fourth-order valence-corrected chi connectivity index (χ4v) is 8.23. The Morgan fingerprint density at radius 1 is 0.851 bits per heavy atom. The van der Waals surface area contributed by atoms with Gasteiger partial charge in [0.2, 0.25) is 10.0 Å². The van der Waals surface area contributed by atoms with Gasteiger partial charge in [-0.05, 0) is 61.3 Å². The van der Waals surface area contributed by atoms with Crippen LogP contribution in [-0.4, -0.2) is 24.1 Å². The number of fused-ring (bicyclic) bond motifs is 1. The first-order chi connectivity index (χ1) is 22.6. The molecule has 6 nitrogen and oxygen atoms in total. The third-order valence-corrected chi connectivity index (χ3v) is 11.0. The summed E-state index contributed by atoms with van der Waals surface area (Å²) in [6.45, 7) is 8.58. The number of aryl methyl sites for hydroxylation is 1. The molecule has 0 saturated heterocycles. The minimum atomic E-state index is -4.00. The second-order valence-electron chi connectivity index (χ2n) is 13.2. The highest BCUT2D eigenvalue weighted by Crippen LogP contribution is 2.46. The summed E-state index contributed by atoms with van der Waals surface area (Å²) in [6, 6.07) is 35.2. The van der Waals surface area contributed by atoms with Gasteiger partial charge in [-0.1, -0.05) is 129 Å². The third kappa shape index (κ3) is 6.87. The minimum absolute atomic E-state index is 0.156. The van der Waals surface area contributed by atoms with Crippen molar-refractivity contribution in [3.8, 4) is 11.3 Å². The normalized spacial score (nSPS) is 17.6. The van der Waals surface area contributed by atoms with Crippen LogP contribution >= 0.6 is 0 Å². The van der Waals surface area contributed by atoms with Crippen molar-refractivity contribution in [2.45, 2.75) is 69.7 Å². The van der Waals surface area contributed by atoms with E-state index in [0.717, 1.165) is 46.5 Å². The molecule has 0 bridgehead atoms. The van der Waals surface area contributed by atoms with E-state index in [9.17, 15) is 8.42 Å². The van der Waals surface area contributed by atoms with Crippen molar-refractivity contribution < 1.29 is 13.2 Å². The SMILES string of the molecule is Cc1ccc(S(=O)(=O)N[C@H](c2ccccc2)[C@H](Cc2ccccc2)C(=O)n2nc3c(c2-c2ccccc2)[C@@H](C)CC[C@@H]3C(C)C)cc1. The van der Waals surface area contributed by atoms with E-state index in [2.05, 4.69) is 25.5 Å². The van der Waals surface area contributed by atoms with Crippen LogP contribution < -0.4 is 4.72 Å². The van der Waals surface area contributed by atoms with Crippen molar-refractivity contribution in [1.29, 1.82) is 0 Å². The van der Waals surface area contributed by atoms with Gasteiger partial charge < -0.3 is 0 Å². The Balaban J connectivity index is 1.55. The molecule has 7 heteroatoms. The maximum Gasteiger partial charge on any atom is 0.252 e. The van der Waals surface area contributed by atoms with E-state index < -0.39 is 22.0 Å². The third-order valence-electron chi connectivity index (χ3n) is 9.56. The number of nitrogens with one attached hydrogen (secondary N) is 1. The average molecular weight is 646 g/mol. The second kappa shape index (κ2) is 13.8. The number of nitrogens with zero attached hydrogens (tertiary/aromatic N) is 2. The molecule has 5 aromatic rings. The largest absolute Gasteiger partial charge is 0.272 e. The van der Waals surface area contributed by atoms with E-state index in [1.165, 1.54) is 0 Å². The van der Waals surface area contributed by atoms with E-state index in [4.69, 9.17) is 5.10 Å². The van der Waals surface area contributed by atoms with Gasteiger partial charge in [-0.2, -0.15) is 9.78 Å². The first-order valence-corrected chi connectivity index (χ1v) is 18.0. The molecule has 1 aliphatic carbocycles. The molecule has 242 valence electrons. The standard InChI is InChI=1S/C40H43N3O3S/c1-27(2)34-25-22-29(4)36-38(34)41-43(39(36)32-18-12-7-13-19-32)40(44)35(26-30-14-8-5-9-15-30)37(31-16-10-6-11-17-31)42-47(45,46)33-23-20-28(3)21-24-33/h5-21,23-24,27,29,34-35,37,42H,22,25-26H2,1-4H3/t29-,34+,35-,37+/m0/s1. The monoisotopic (exact) mass is 645 g/mol. The maximum absolute atomic E-state index is 15.3. The van der Waals surface area contributed by atoms with Crippen LogP contribution in [0.1, 0.15) is 84.2 Å². The van der Waals surface area contributed by atoms with Crippen molar-refractivity contribution in [2.75, 3.05) is 0 Å². The summed E-state index contributed by atoms with van der Waals surface area (Å²) in [6.07, 6.45) is 2.35. The van der Waals surface area contributed by atoms with Gasteiger partial charge in [-0.3, -0.25) is 4.79 Å². The molecule has 4 aromatic carbocycles. The molecule has 1 heterocycles. The van der Waals surface area contributed by atoms with E-state index in [0.29, 0.717) is 17.9 Å². The quantitative estimate of drug-likeness (QED) is 0.165. The molecular formula is C40H43N3O3S. The number of hydrogen-bond donors (Lipinski definition) is 1. The second-order valence-corrected chi connectivity index (χ2v) is 14.9. The van der Waals surface area contributed by atoms with Gasteiger partial charge in [0.1, 0.15) is 0 Å². The summed E-state index contributed by atoms with van der Waals surface area (Å²) in [5, 5.41) is 5.17. The number of benzene rings is 4. The van der Waals surface area contributed by atoms with Crippen LogP contribution in [0.2, 0.25) is 0 Å². The van der Waals surface area contributed by atoms with E-state index in [-0.39, 0.29) is 22.6 Å². The van der Waals surface area contributed by atoms with Gasteiger partial charge >= 0.3 is 0 Å². The molecule has 0 amide bonds. The molecule has 0 saturated carbocycles. The summed E-state index contributed by atoms with van der Waals surface area (Å²) >= 11 is 0. The number of carbonyl (C=O) groups is 1. The van der Waals surface area contributed by atoms with Crippen LogP contribution in [0, 0.1) is 18.8 Å². The van der Waals surface area contributed by atoms with Gasteiger partial charge in [0.15, 0.2) is 0 Å². The molecule has 4 atom stereocenters. The topological polar surface area (TPSA) is 81.1 Å². The lowest BCUT2D eigenvalue weighted by Crippen LogP contribution is -2.40. The zero-order chi connectivity index (χ0) is 33.1. The molecule has 0 fully saturated rings. The van der Waals surface area contributed by atoms with Crippen LogP contribution in [0.5, 0.6) is 0 Å². The summed E-state index contributed by atoms with van der Waals surface area (Å²) in [4.78, 5) is 15.4. The van der Waals surface area contributed by atoms with Crippen molar-refractivity contribution >= 4 is 15.9 Å². The summed E-state index contributed by atoms with van der Waals surface area (Å²) in [7, 11) is -4.00. The van der Waals surface area contributed by atoms with Crippen molar-refractivity contribution in [3.05, 3.63) is 143 Å². The Kier molecular flexibility index (Phi) is 9.57. The van der Waals surface area contributed by atoms with Crippen molar-refractivity contribution in [3.63, 3.8) is 0 Å². The molecule has 47 heavy (non-hydrogen) atoms. The van der Waals surface area contributed by atoms with Gasteiger partial charge in [-0.15, -0.1) is 0 Å². The van der Waals surface area contributed by atoms with E-state index in [1.54, 1.807) is 28.9 Å². The highest BCUT2D eigenvalue weighted by atomic mass is 32.2. The van der Waals surface area contributed by atoms with Gasteiger partial charge in [0, 0.05) is 17.0 Å². The summed E-state index contributed by atoms with van der Waals surface area (Å²) < 4.78 is 32.6. The fourth-order valence-electron chi connectivity index (χ4n) is 6.97. The van der Waals surface area contributed by atoms with Crippen molar-refractivity contribution in [1.82, 2.24) is 14.5 Å². The molecule has 0 aliphatic heterocycles. The Morgan fingerprint density at radius 2 is 1.45 bits per heavy atom. The van der Waals surface area contributed by atoms with Gasteiger partial charge in [0.25, 0.3) is 5.91 Å². The van der Waals surface area contributed by atoms with E-state index >= 15 is 4.79 Å². The predicted molar refractivity (Wildman–Crippen MR) is 188 cm³/mol. The molecule has 0 radical (unpaired) electrons. The molecule has 0 unspecified atom stereocenters. The molecule has 1 aromatic heterocycles. The molecular weight excluding hydrogens is 603 g/mol. The molecule has 6 rings (SSSR count). The number of aromatic nitrogens is 2. The number of hydrogen-bond acceptors (Lipinski definition) is 4. The molecule has 1 aliphatic rings. The number of rotatable bonds is 10. The molecule has 1 N–H and O–H groups in total. The Morgan fingerprint density at radius 3 is 2.06 bits per heavy atom. The maximum atomic E-state index is 15.3. The summed E-state index contributed by atoms with van der Waals surface area (Å²) in [5.74, 6) is -0.222. The lowest BCUT2D eigenvalue weighted by molar-refractivity contribution is 0.0791. The molecule has 0 spiro atoms. The Hall–Kier alpha value is -4.33. The first-order valence-electron chi connectivity index (χ1n) is 16.5. The van der Waals surface area contributed by atoms with Crippen LogP contribution in [0.25, 0.3) is 11.3 Å². The highest BCUT2D eigenvalue weighted by Gasteiger charge is 2.40. The van der Waals surface area contributed by atoms with Gasteiger partial charge in [-0.25, -0.2) is 13.1 Å². The Bertz CT molecular complexity index is 1920. The zero-order valence-corrected chi connectivity index (χ0v) is 28.3. The smallest absolute Gasteiger partial charge is 0.252 e. The highest BCUT2D eigenvalue weighted by molar-refractivity contribution is 7.89. The van der Waals surface area contributed by atoms with Crippen LogP contribution in [-0.2, 0) is 16.4 Å². The number of sulfonamides is 1. The predicted octanol–water partition coefficient (Wildman–Crippen LogP) is 8.71. The first kappa shape index (κ1) is 32.6.